The van der Waals surface area contributed by atoms with Crippen LogP contribution in [-0.2, 0) is 55.1 Å². The average Bonchev–Trinajstić information content (AvgIpc) is 0.741. The third-order valence-corrected chi connectivity index (χ3v) is 27.7. The highest BCUT2D eigenvalue weighted by atomic mass is 79.9. The number of phenols is 1. The van der Waals surface area contributed by atoms with Gasteiger partial charge in [-0.05, 0) is 92.8 Å². The number of carbonyl (C=O) groups is 4. The molecule has 0 aliphatic rings. The minimum absolute atomic E-state index is 0.0474. The predicted molar refractivity (Wildman–Crippen MR) is 400 cm³/mol. The Kier molecular flexibility index (Phi) is 27.7. The van der Waals surface area contributed by atoms with Crippen molar-refractivity contribution in [3.63, 3.8) is 0 Å². The van der Waals surface area contributed by atoms with E-state index in [1.807, 2.05) is 102 Å². The van der Waals surface area contributed by atoms with E-state index in [0.29, 0.717) is 44.6 Å². The van der Waals surface area contributed by atoms with Gasteiger partial charge in [0.15, 0.2) is 0 Å². The van der Waals surface area contributed by atoms with E-state index < -0.39 is 51.1 Å². The standard InChI is InChI=1S/C28H31BrN2O3SSi.C26H29N3O3S.C17H24N6O5S2/c1-28(2,3)36(22-12-8-6-9-13-22,23-14-10-7-11-15-23)34-25-18-19-26(35(32,33)31(4)5)24-17-16-21(20-29)30-27(24)25;1-19(30)28-29-24(25(31)27-2)18-33-26(20-10-6-4-7-11-20,21-12-8-5-9-13-21)22-14-16-23(32-3)17-15-22;1-10(24)21-22-13(17(26)20-18)9-29-8-11-4-5-12-15(30(27,28)23(2)3)7-6-14(25)16(12)19-11/h6-19H,20H2,1-5H3;4-17,24,29H,18H2,1-3H3,(H,27,31)(H,28,30);4-7,13,22,25H,8-9,18H2,1-3H3,(H,20,26)(H,21,24)/t;24-;13-/m.00/s1. The van der Waals surface area contributed by atoms with Crippen molar-refractivity contribution < 1.29 is 50.3 Å². The maximum atomic E-state index is 13.2. The second-order valence-corrected chi connectivity index (χ2v) is 35.1. The van der Waals surface area contributed by atoms with Crippen LogP contribution in [-0.4, -0.2) is 138 Å². The number of phenolic OH excluding ortho intramolecular Hbond substituents is 1. The van der Waals surface area contributed by atoms with Gasteiger partial charge in [-0.1, -0.05) is 170 Å². The number of hydrogen-bond donors (Lipinski definition) is 8. The number of benzene rings is 7. The molecule has 9 aromatic rings. The number of carbonyl (C=O) groups excluding carboxylic acids is 4. The first-order valence-electron chi connectivity index (χ1n) is 31.1. The zero-order chi connectivity index (χ0) is 72.3. The lowest BCUT2D eigenvalue weighted by Gasteiger charge is -2.43. The number of ether oxygens (including phenoxy) is 1. The second-order valence-electron chi connectivity index (χ2n) is 23.9. The van der Waals surface area contributed by atoms with Gasteiger partial charge in [0.05, 0.1) is 33.0 Å². The van der Waals surface area contributed by atoms with Crippen molar-refractivity contribution in [3.05, 3.63) is 222 Å². The van der Waals surface area contributed by atoms with Gasteiger partial charge in [0.1, 0.15) is 40.4 Å². The Morgan fingerprint density at radius 1 is 0.596 bits per heavy atom. The lowest BCUT2D eigenvalue weighted by molar-refractivity contribution is -0.125. The number of nitrogens with two attached hydrogens (primary N) is 1. The van der Waals surface area contributed by atoms with Gasteiger partial charge in [-0.25, -0.2) is 52.1 Å². The molecule has 0 unspecified atom stereocenters. The summed E-state index contributed by atoms with van der Waals surface area (Å²) in [5.41, 5.74) is 17.7. The third-order valence-electron chi connectivity index (χ3n) is 15.8. The Morgan fingerprint density at radius 2 is 1.04 bits per heavy atom. The lowest BCUT2D eigenvalue weighted by atomic mass is 9.84. The average molecular weight is 1500 g/mol. The molecule has 0 bridgehead atoms. The van der Waals surface area contributed by atoms with Crippen LogP contribution in [0.5, 0.6) is 17.2 Å². The summed E-state index contributed by atoms with van der Waals surface area (Å²) in [7, 11) is -1.17. The van der Waals surface area contributed by atoms with E-state index in [9.17, 15) is 41.1 Å². The zero-order valence-electron chi connectivity index (χ0n) is 56.9. The molecule has 0 spiro atoms. The number of hydrogen-bond acceptors (Lipinski definition) is 18. The molecule has 9 N–H and O–H groups in total. The van der Waals surface area contributed by atoms with Crippen LogP contribution in [0.3, 0.4) is 0 Å². The number of aromatic nitrogens is 2. The SMILES string of the molecule is CC(=O)NN[C@@H](CSCc1ccc2c(S(=O)(=O)N(C)C)ccc(O)c2n1)C(=O)NN.CN(C)S(=O)(=O)c1ccc(O[Si](c2ccccc2)(c2ccccc2)C(C)(C)C)c2nc(CBr)ccc12.CNC(=O)[C@H](CSC(c1ccccc1)(c1ccccc1)c1ccc(OC)cc1)NNC(C)=O. The Hall–Kier alpha value is -8.26. The number of alkyl halides is 1. The van der Waals surface area contributed by atoms with Crippen molar-refractivity contribution >= 4 is 124 Å². The fourth-order valence-electron chi connectivity index (χ4n) is 10.7. The van der Waals surface area contributed by atoms with Crippen molar-refractivity contribution in [3.8, 4) is 17.2 Å². The van der Waals surface area contributed by atoms with E-state index in [-0.39, 0.29) is 49.6 Å². The maximum absolute atomic E-state index is 13.2. The molecular weight excluding hydrogens is 1420 g/mol. The first-order valence-corrected chi connectivity index (χ1v) is 39.1. The van der Waals surface area contributed by atoms with Gasteiger partial charge in [-0.3, -0.25) is 35.5 Å². The molecule has 0 fully saturated rings. The highest BCUT2D eigenvalue weighted by molar-refractivity contribution is 9.08. The summed E-state index contributed by atoms with van der Waals surface area (Å²) in [6.07, 6.45) is 0. The molecule has 0 radical (unpaired) electrons. The number of thioether (sulfide) groups is 2. The number of nitrogens with one attached hydrogen (secondary N) is 6. The van der Waals surface area contributed by atoms with Crippen molar-refractivity contribution in [2.45, 2.75) is 77.4 Å². The van der Waals surface area contributed by atoms with Crippen molar-refractivity contribution in [2.75, 3.05) is 53.9 Å². The Morgan fingerprint density at radius 3 is 1.48 bits per heavy atom. The number of hydrazine groups is 3. The molecule has 99 heavy (non-hydrogen) atoms. The van der Waals surface area contributed by atoms with Crippen molar-refractivity contribution in [1.29, 1.82) is 0 Å². The zero-order valence-corrected chi connectivity index (χ0v) is 62.7. The van der Waals surface area contributed by atoms with Gasteiger partial charge in [-0.15, -0.1) is 11.8 Å². The van der Waals surface area contributed by atoms with Crippen LogP contribution >= 0.6 is 39.5 Å². The van der Waals surface area contributed by atoms with E-state index in [4.69, 9.17) is 20.0 Å². The van der Waals surface area contributed by atoms with Crippen LogP contribution in [0.4, 0.5) is 0 Å². The number of sulfonamides is 2. The minimum Gasteiger partial charge on any atom is -0.533 e. The number of nitrogens with zero attached hydrogens (tertiary/aromatic N) is 4. The molecule has 0 saturated carbocycles. The summed E-state index contributed by atoms with van der Waals surface area (Å²) in [5.74, 6) is 6.09. The van der Waals surface area contributed by atoms with E-state index in [2.05, 4.69) is 129 Å². The van der Waals surface area contributed by atoms with Gasteiger partial charge < -0.3 is 19.6 Å². The number of amides is 4. The molecule has 2 aromatic heterocycles. The smallest absolute Gasteiger partial charge is 0.320 e. The summed E-state index contributed by atoms with van der Waals surface area (Å²) in [6.45, 7) is 9.33. The molecule has 2 heterocycles. The minimum atomic E-state index is -3.71. The number of fused-ring (bicyclic) bond motifs is 2. The van der Waals surface area contributed by atoms with Crippen LogP contribution in [0, 0.1) is 0 Å². The van der Waals surface area contributed by atoms with E-state index in [0.717, 1.165) is 42.8 Å². The Bertz CT molecular complexity index is 4380. The summed E-state index contributed by atoms with van der Waals surface area (Å²) in [4.78, 5) is 56.4. The molecule has 7 aromatic carbocycles. The van der Waals surface area contributed by atoms with Crippen LogP contribution in [0.25, 0.3) is 21.8 Å². The maximum Gasteiger partial charge on any atom is 0.320 e. The van der Waals surface area contributed by atoms with Crippen LogP contribution < -0.4 is 57.8 Å². The van der Waals surface area contributed by atoms with Crippen LogP contribution in [0.2, 0.25) is 5.04 Å². The molecule has 2 atom stereocenters. The second kappa shape index (κ2) is 35.2. The number of halogens is 1. The third kappa shape index (κ3) is 18.8. The monoisotopic (exact) mass is 1500 g/mol. The molecule has 524 valence electrons. The molecular formula is C71H84BrN11O11S4Si. The molecule has 9 rings (SSSR count). The molecule has 4 amide bonds. The van der Waals surface area contributed by atoms with Gasteiger partial charge in [-0.2, -0.15) is 11.8 Å². The first-order chi connectivity index (χ1) is 47.1. The Balaban J connectivity index is 0.000000210. The molecule has 0 aliphatic heterocycles. The van der Waals surface area contributed by atoms with Gasteiger partial charge in [0, 0.05) is 82.4 Å². The number of rotatable bonds is 26. The quantitative estimate of drug-likeness (QED) is 0.00632. The van der Waals surface area contributed by atoms with E-state index in [1.54, 1.807) is 50.2 Å². The highest BCUT2D eigenvalue weighted by Gasteiger charge is 2.52. The van der Waals surface area contributed by atoms with Crippen LogP contribution in [0.1, 0.15) is 62.7 Å². The topological polar surface area (TPSA) is 306 Å². The first kappa shape index (κ1) is 78.1. The molecule has 22 nitrogen and oxygen atoms in total. The van der Waals surface area contributed by atoms with E-state index >= 15 is 0 Å². The summed E-state index contributed by atoms with van der Waals surface area (Å²) >= 11 is 6.46. The number of aromatic hydroxyl groups is 1. The molecule has 28 heteroatoms. The number of pyridine rings is 2. The van der Waals surface area contributed by atoms with Gasteiger partial charge in [0.25, 0.3) is 5.91 Å². The lowest BCUT2D eigenvalue weighted by Crippen LogP contribution is -2.68. The molecule has 0 aliphatic carbocycles. The molecule has 0 saturated heterocycles. The van der Waals surface area contributed by atoms with Crippen molar-refractivity contribution in [1.82, 2.24) is 51.0 Å². The van der Waals surface area contributed by atoms with Gasteiger partial charge in [0.2, 0.25) is 37.8 Å². The Labute approximate surface area is 597 Å². The van der Waals surface area contributed by atoms with Crippen LogP contribution in [0.15, 0.2) is 204 Å². The summed E-state index contributed by atoms with van der Waals surface area (Å²) < 4.78 is 65.7. The highest BCUT2D eigenvalue weighted by Crippen LogP contribution is 2.49. The largest absolute Gasteiger partial charge is 0.533 e. The predicted octanol–water partition coefficient (Wildman–Crippen LogP) is 8.22. The van der Waals surface area contributed by atoms with Gasteiger partial charge >= 0.3 is 8.32 Å². The number of methoxy groups -OCH3 is 1. The summed E-state index contributed by atoms with van der Waals surface area (Å²) in [6, 6.07) is 60.7. The fourth-order valence-corrected chi connectivity index (χ4v) is 20.2. The van der Waals surface area contributed by atoms with Crippen molar-refractivity contribution in [2.24, 2.45) is 5.84 Å². The number of likely N-dealkylation sites (N-methyl/N-ethyl adjacent to an activating group) is 1. The fraction of sp³-hybridized carbons (Fsp3) is 0.268. The normalized spacial score (nSPS) is 12.5. The van der Waals surface area contributed by atoms with E-state index in [1.165, 1.54) is 70.2 Å². The summed E-state index contributed by atoms with van der Waals surface area (Å²) in [5, 5.41) is 16.3.